The maximum Gasteiger partial charge on any atom is 0.0497 e. The van der Waals surface area contributed by atoms with Crippen LogP contribution in [-0.2, 0) is 0 Å². The van der Waals surface area contributed by atoms with Gasteiger partial charge in [0.2, 0.25) is 0 Å². The van der Waals surface area contributed by atoms with Gasteiger partial charge in [-0.05, 0) is 19.5 Å². The van der Waals surface area contributed by atoms with Crippen molar-refractivity contribution in [2.75, 3.05) is 33.2 Å². The van der Waals surface area contributed by atoms with Gasteiger partial charge < -0.3 is 10.6 Å². The minimum atomic E-state index is 0.167. The van der Waals surface area contributed by atoms with E-state index in [0.717, 1.165) is 26.2 Å². The van der Waals surface area contributed by atoms with Crippen molar-refractivity contribution < 1.29 is 0 Å². The summed E-state index contributed by atoms with van der Waals surface area (Å²) in [6.45, 7) is 6.59. The average Bonchev–Trinajstić information content (AvgIpc) is 2.33. The topological polar surface area (TPSA) is 32.5 Å². The molecule has 1 fully saturated rings. The number of hydrogen-bond acceptors (Lipinski definition) is 3. The van der Waals surface area contributed by atoms with Crippen LogP contribution in [0.5, 0.6) is 0 Å². The summed E-state index contributed by atoms with van der Waals surface area (Å²) >= 11 is 0. The lowest BCUT2D eigenvalue weighted by atomic mass is 9.98. The molecule has 1 aliphatic rings. The van der Waals surface area contributed by atoms with E-state index in [2.05, 4.69) is 54.1 Å². The van der Waals surface area contributed by atoms with Crippen LogP contribution in [-0.4, -0.2) is 49.1 Å². The Bertz CT molecular complexity index is 329. The molecule has 0 aliphatic carbocycles. The molecule has 1 aliphatic heterocycles. The Labute approximate surface area is 104 Å². The Morgan fingerprint density at radius 1 is 1.06 bits per heavy atom. The number of benzene rings is 1. The molecule has 0 radical (unpaired) electrons. The lowest BCUT2D eigenvalue weighted by Gasteiger charge is -2.39. The molecule has 94 valence electrons. The summed E-state index contributed by atoms with van der Waals surface area (Å²) in [5, 5.41) is 0. The molecule has 0 saturated carbocycles. The molecular weight excluding hydrogens is 210 g/mol. The zero-order chi connectivity index (χ0) is 12.3. The van der Waals surface area contributed by atoms with E-state index in [1.807, 2.05) is 0 Å². The highest BCUT2D eigenvalue weighted by atomic mass is 15.3. The van der Waals surface area contributed by atoms with Gasteiger partial charge in [0.15, 0.2) is 0 Å². The van der Waals surface area contributed by atoms with Gasteiger partial charge in [-0.15, -0.1) is 0 Å². The molecule has 1 saturated heterocycles. The second kappa shape index (κ2) is 5.63. The van der Waals surface area contributed by atoms with Crippen LogP contribution in [0.3, 0.4) is 0 Å². The van der Waals surface area contributed by atoms with Gasteiger partial charge in [-0.25, -0.2) is 0 Å². The van der Waals surface area contributed by atoms with E-state index in [9.17, 15) is 0 Å². The van der Waals surface area contributed by atoms with Crippen LogP contribution in [0.25, 0.3) is 0 Å². The van der Waals surface area contributed by atoms with Gasteiger partial charge in [0.05, 0.1) is 0 Å². The summed E-state index contributed by atoms with van der Waals surface area (Å²) in [6.07, 6.45) is 0. The van der Waals surface area contributed by atoms with Crippen molar-refractivity contribution >= 4 is 0 Å². The van der Waals surface area contributed by atoms with Crippen molar-refractivity contribution in [1.29, 1.82) is 0 Å². The van der Waals surface area contributed by atoms with Crippen molar-refractivity contribution in [2.45, 2.75) is 19.0 Å². The Kier molecular flexibility index (Phi) is 4.15. The normalized spacial score (nSPS) is 22.3. The highest BCUT2D eigenvalue weighted by Crippen LogP contribution is 2.24. The first-order valence-electron chi connectivity index (χ1n) is 6.41. The smallest absolute Gasteiger partial charge is 0.0497 e. The fourth-order valence-corrected chi connectivity index (χ4v) is 2.60. The quantitative estimate of drug-likeness (QED) is 0.854. The molecule has 3 nitrogen and oxygen atoms in total. The van der Waals surface area contributed by atoms with Crippen molar-refractivity contribution in [3.8, 4) is 0 Å². The Balaban J connectivity index is 2.13. The van der Waals surface area contributed by atoms with Crippen LogP contribution >= 0.6 is 0 Å². The molecule has 1 aromatic carbocycles. The zero-order valence-electron chi connectivity index (χ0n) is 10.8. The first-order valence-corrected chi connectivity index (χ1v) is 6.41. The first kappa shape index (κ1) is 12.6. The largest absolute Gasteiger partial charge is 0.326 e. The van der Waals surface area contributed by atoms with Crippen molar-refractivity contribution in [2.24, 2.45) is 5.73 Å². The first-order chi connectivity index (χ1) is 8.18. The van der Waals surface area contributed by atoms with Crippen LogP contribution in [0.2, 0.25) is 0 Å². The van der Waals surface area contributed by atoms with Gasteiger partial charge in [-0.2, -0.15) is 0 Å². The number of nitrogens with two attached hydrogens (primary N) is 1. The van der Waals surface area contributed by atoms with E-state index < -0.39 is 0 Å². The summed E-state index contributed by atoms with van der Waals surface area (Å²) < 4.78 is 0. The summed E-state index contributed by atoms with van der Waals surface area (Å²) in [4.78, 5) is 4.89. The molecule has 1 aromatic rings. The highest BCUT2D eigenvalue weighted by molar-refractivity contribution is 5.20. The van der Waals surface area contributed by atoms with Crippen LogP contribution < -0.4 is 5.73 Å². The molecule has 2 N–H and O–H groups in total. The monoisotopic (exact) mass is 233 g/mol. The Morgan fingerprint density at radius 3 is 2.18 bits per heavy atom. The fourth-order valence-electron chi connectivity index (χ4n) is 2.60. The Morgan fingerprint density at radius 2 is 1.65 bits per heavy atom. The summed E-state index contributed by atoms with van der Waals surface area (Å²) in [7, 11) is 2.18. The van der Waals surface area contributed by atoms with Gasteiger partial charge in [0, 0.05) is 38.3 Å². The van der Waals surface area contributed by atoms with Gasteiger partial charge in [-0.1, -0.05) is 30.3 Å². The fraction of sp³-hybridized carbons (Fsp3) is 0.571. The van der Waals surface area contributed by atoms with Crippen molar-refractivity contribution in [1.82, 2.24) is 9.80 Å². The van der Waals surface area contributed by atoms with Gasteiger partial charge in [0.25, 0.3) is 0 Å². The predicted octanol–water partition coefficient (Wildman–Crippen LogP) is 1.32. The summed E-state index contributed by atoms with van der Waals surface area (Å²) in [6, 6.07) is 11.2. The molecule has 0 bridgehead atoms. The second-order valence-electron chi connectivity index (χ2n) is 5.05. The minimum Gasteiger partial charge on any atom is -0.326 e. The molecule has 0 amide bonds. The van der Waals surface area contributed by atoms with E-state index in [1.165, 1.54) is 5.56 Å². The maximum absolute atomic E-state index is 6.18. The predicted molar refractivity (Wildman–Crippen MR) is 71.9 cm³/mol. The third-order valence-electron chi connectivity index (χ3n) is 3.57. The molecule has 1 heterocycles. The van der Waals surface area contributed by atoms with E-state index >= 15 is 0 Å². The number of piperazine rings is 1. The molecule has 3 heteroatoms. The van der Waals surface area contributed by atoms with E-state index in [0.29, 0.717) is 6.04 Å². The number of hydrogen-bond donors (Lipinski definition) is 1. The zero-order valence-corrected chi connectivity index (χ0v) is 10.8. The lowest BCUT2D eigenvalue weighted by Crippen LogP contribution is -2.49. The molecule has 2 unspecified atom stereocenters. The Hall–Kier alpha value is -0.900. The molecule has 2 rings (SSSR count). The third-order valence-corrected chi connectivity index (χ3v) is 3.57. The molecule has 2 atom stereocenters. The number of rotatable bonds is 3. The van der Waals surface area contributed by atoms with Crippen LogP contribution in [0.15, 0.2) is 30.3 Å². The lowest BCUT2D eigenvalue weighted by molar-refractivity contribution is 0.101. The summed E-state index contributed by atoms with van der Waals surface area (Å²) in [5.41, 5.74) is 7.52. The van der Waals surface area contributed by atoms with E-state index in [4.69, 9.17) is 5.73 Å². The van der Waals surface area contributed by atoms with Crippen molar-refractivity contribution in [3.05, 3.63) is 35.9 Å². The average molecular weight is 233 g/mol. The molecule has 0 aromatic heterocycles. The van der Waals surface area contributed by atoms with Gasteiger partial charge in [-0.3, -0.25) is 4.90 Å². The molecule has 0 spiro atoms. The molecular formula is C14H23N3. The van der Waals surface area contributed by atoms with Crippen LogP contribution in [0.4, 0.5) is 0 Å². The maximum atomic E-state index is 6.18. The highest BCUT2D eigenvalue weighted by Gasteiger charge is 2.26. The second-order valence-corrected chi connectivity index (χ2v) is 5.05. The van der Waals surface area contributed by atoms with Crippen LogP contribution in [0, 0.1) is 0 Å². The van der Waals surface area contributed by atoms with E-state index in [1.54, 1.807) is 0 Å². The van der Waals surface area contributed by atoms with E-state index in [-0.39, 0.29) is 6.04 Å². The standard InChI is InChI=1S/C14H23N3/c1-12(15)14(13-6-4-3-5-7-13)17-10-8-16(2)9-11-17/h3-7,12,14H,8-11,15H2,1-2H3. The summed E-state index contributed by atoms with van der Waals surface area (Å²) in [5.74, 6) is 0. The van der Waals surface area contributed by atoms with Crippen LogP contribution in [0.1, 0.15) is 18.5 Å². The van der Waals surface area contributed by atoms with Gasteiger partial charge >= 0.3 is 0 Å². The number of likely N-dealkylation sites (N-methyl/N-ethyl adjacent to an activating group) is 1. The third kappa shape index (κ3) is 3.06. The SMILES string of the molecule is CC(N)C(c1ccccc1)N1CCN(C)CC1. The number of nitrogens with zero attached hydrogens (tertiary/aromatic N) is 2. The molecule has 17 heavy (non-hydrogen) atoms. The van der Waals surface area contributed by atoms with Crippen molar-refractivity contribution in [3.63, 3.8) is 0 Å². The van der Waals surface area contributed by atoms with Gasteiger partial charge in [0.1, 0.15) is 0 Å². The minimum absolute atomic E-state index is 0.167.